The second-order valence-corrected chi connectivity index (χ2v) is 3.56. The average Bonchev–Trinajstić information content (AvgIpc) is 2.42. The fourth-order valence-corrected chi connectivity index (χ4v) is 1.50. The molecule has 0 saturated carbocycles. The van der Waals surface area contributed by atoms with E-state index in [9.17, 15) is 4.79 Å². The van der Waals surface area contributed by atoms with Crippen molar-refractivity contribution < 1.29 is 14.6 Å². The van der Waals surface area contributed by atoms with Crippen LogP contribution in [0.3, 0.4) is 0 Å². The minimum absolute atomic E-state index is 0.261. The molecule has 0 bridgehead atoms. The third-order valence-corrected chi connectivity index (χ3v) is 2.42. The molecule has 0 amide bonds. The lowest BCUT2D eigenvalue weighted by Crippen LogP contribution is -2.07. The van der Waals surface area contributed by atoms with Crippen molar-refractivity contribution in [1.82, 2.24) is 0 Å². The summed E-state index contributed by atoms with van der Waals surface area (Å²) in [6.07, 6.45) is 0.712. The summed E-state index contributed by atoms with van der Waals surface area (Å²) in [7, 11) is 0. The summed E-state index contributed by atoms with van der Waals surface area (Å²) < 4.78 is 5.46. The molecular formula is C12H15N3O3. The Balaban J connectivity index is 2.79. The summed E-state index contributed by atoms with van der Waals surface area (Å²) in [5.74, 6) is 0.352. The molecule has 1 aromatic rings. The molecule has 0 spiro atoms. The molecule has 0 saturated heterocycles. The van der Waals surface area contributed by atoms with E-state index < -0.39 is 6.61 Å². The highest BCUT2D eigenvalue weighted by Gasteiger charge is 2.08. The minimum Gasteiger partial charge on any atom is -0.493 e. The molecular weight excluding hydrogens is 234 g/mol. The van der Waals surface area contributed by atoms with Crippen molar-refractivity contribution in [2.75, 3.05) is 19.8 Å². The summed E-state index contributed by atoms with van der Waals surface area (Å²) in [6, 6.07) is 5.01. The zero-order valence-corrected chi connectivity index (χ0v) is 10.2. The number of ketones is 1. The van der Waals surface area contributed by atoms with Gasteiger partial charge in [0.05, 0.1) is 13.2 Å². The molecule has 18 heavy (non-hydrogen) atoms. The Hall–Kier alpha value is -2.04. The number of hydrogen-bond acceptors (Lipinski definition) is 4. The van der Waals surface area contributed by atoms with Crippen molar-refractivity contribution in [2.45, 2.75) is 13.3 Å². The van der Waals surface area contributed by atoms with Crippen LogP contribution in [0.4, 0.5) is 0 Å². The number of aliphatic hydroxyl groups excluding tert-OH is 1. The maximum atomic E-state index is 11.3. The molecule has 1 aromatic carbocycles. The number of carbonyl (C=O) groups is 1. The lowest BCUT2D eigenvalue weighted by molar-refractivity contribution is 0.0903. The van der Waals surface area contributed by atoms with Gasteiger partial charge in [0.1, 0.15) is 12.4 Å². The van der Waals surface area contributed by atoms with Gasteiger partial charge >= 0.3 is 0 Å². The number of aliphatic hydroxyl groups is 1. The van der Waals surface area contributed by atoms with Gasteiger partial charge in [-0.05, 0) is 35.7 Å². The maximum absolute atomic E-state index is 11.3. The average molecular weight is 249 g/mol. The number of rotatable bonds is 7. The quantitative estimate of drug-likeness (QED) is 0.263. The molecule has 6 nitrogen and oxygen atoms in total. The third kappa shape index (κ3) is 3.76. The first kappa shape index (κ1) is 14.0. The van der Waals surface area contributed by atoms with E-state index in [4.69, 9.17) is 15.4 Å². The molecule has 1 rings (SSSR count). The molecule has 0 atom stereocenters. The second kappa shape index (κ2) is 7.32. The van der Waals surface area contributed by atoms with Crippen molar-refractivity contribution in [2.24, 2.45) is 5.11 Å². The van der Waals surface area contributed by atoms with Crippen LogP contribution in [0.15, 0.2) is 23.3 Å². The van der Waals surface area contributed by atoms with Crippen LogP contribution in [0.1, 0.15) is 22.8 Å². The molecule has 1 N–H and O–H groups in total. The summed E-state index contributed by atoms with van der Waals surface area (Å²) in [5.41, 5.74) is 9.48. The van der Waals surface area contributed by atoms with Crippen LogP contribution < -0.4 is 4.74 Å². The Kier molecular flexibility index (Phi) is 5.70. The van der Waals surface area contributed by atoms with Gasteiger partial charge in [0.2, 0.25) is 0 Å². The van der Waals surface area contributed by atoms with Gasteiger partial charge in [-0.1, -0.05) is 12.0 Å². The molecule has 96 valence electrons. The van der Waals surface area contributed by atoms with E-state index in [1.54, 1.807) is 18.2 Å². The number of carbonyl (C=O) groups excluding carboxylic acids is 1. The third-order valence-electron chi connectivity index (χ3n) is 2.42. The number of aryl methyl sites for hydroxylation is 1. The monoisotopic (exact) mass is 249 g/mol. The first-order chi connectivity index (χ1) is 8.72. The van der Waals surface area contributed by atoms with Crippen LogP contribution in [0.2, 0.25) is 0 Å². The van der Waals surface area contributed by atoms with Crippen molar-refractivity contribution in [3.8, 4) is 5.75 Å². The number of benzene rings is 1. The van der Waals surface area contributed by atoms with Gasteiger partial charge in [0.15, 0.2) is 5.78 Å². The molecule has 0 aliphatic heterocycles. The number of azide groups is 1. The highest BCUT2D eigenvalue weighted by molar-refractivity contribution is 5.97. The van der Waals surface area contributed by atoms with Gasteiger partial charge in [-0.3, -0.25) is 4.79 Å². The van der Waals surface area contributed by atoms with Crippen molar-refractivity contribution in [3.63, 3.8) is 0 Å². The smallest absolute Gasteiger partial charge is 0.188 e. The van der Waals surface area contributed by atoms with Crippen LogP contribution in [0, 0.1) is 0 Å². The lowest BCUT2D eigenvalue weighted by atomic mass is 10.0. The van der Waals surface area contributed by atoms with E-state index >= 15 is 0 Å². The predicted octanol–water partition coefficient (Wildman–Crippen LogP) is 2.11. The highest BCUT2D eigenvalue weighted by Crippen LogP contribution is 2.21. The van der Waals surface area contributed by atoms with Crippen LogP contribution in [-0.4, -0.2) is 30.6 Å². The second-order valence-electron chi connectivity index (χ2n) is 3.56. The van der Waals surface area contributed by atoms with Gasteiger partial charge < -0.3 is 9.84 Å². The first-order valence-corrected chi connectivity index (χ1v) is 5.63. The Morgan fingerprint density at radius 1 is 1.56 bits per heavy atom. The maximum Gasteiger partial charge on any atom is 0.188 e. The Morgan fingerprint density at radius 3 is 2.94 bits per heavy atom. The lowest BCUT2D eigenvalue weighted by Gasteiger charge is -2.10. The summed E-state index contributed by atoms with van der Waals surface area (Å²) >= 11 is 0. The van der Waals surface area contributed by atoms with Crippen LogP contribution in [-0.2, 0) is 6.42 Å². The van der Waals surface area contributed by atoms with E-state index in [1.165, 1.54) is 0 Å². The zero-order chi connectivity index (χ0) is 13.4. The van der Waals surface area contributed by atoms with E-state index in [2.05, 4.69) is 10.0 Å². The van der Waals surface area contributed by atoms with E-state index in [0.29, 0.717) is 24.3 Å². The Bertz CT molecular complexity index is 468. The fraction of sp³-hybridized carbons (Fsp3) is 0.417. The minimum atomic E-state index is -0.500. The Morgan fingerprint density at radius 2 is 2.33 bits per heavy atom. The topological polar surface area (TPSA) is 95.3 Å². The number of nitrogens with zero attached hydrogens (tertiary/aromatic N) is 3. The molecule has 0 aliphatic carbocycles. The molecule has 0 heterocycles. The summed E-state index contributed by atoms with van der Waals surface area (Å²) in [4.78, 5) is 14.0. The number of Topliss-reactive ketones (excluding diaryl/α,β-unsaturated/α-hetero) is 1. The zero-order valence-electron chi connectivity index (χ0n) is 10.2. The normalized spacial score (nSPS) is 9.67. The highest BCUT2D eigenvalue weighted by atomic mass is 16.5. The molecule has 6 heteroatoms. The van der Waals surface area contributed by atoms with Gasteiger partial charge in [-0.2, -0.15) is 0 Å². The molecule has 0 fully saturated rings. The van der Waals surface area contributed by atoms with Gasteiger partial charge in [-0.15, -0.1) is 0 Å². The van der Waals surface area contributed by atoms with Gasteiger partial charge in [0, 0.05) is 10.5 Å². The molecule has 0 aliphatic rings. The van der Waals surface area contributed by atoms with Crippen molar-refractivity contribution in [3.05, 3.63) is 39.8 Å². The van der Waals surface area contributed by atoms with Crippen LogP contribution in [0.5, 0.6) is 5.75 Å². The number of hydrogen-bond donors (Lipinski definition) is 1. The predicted molar refractivity (Wildman–Crippen MR) is 66.7 cm³/mol. The van der Waals surface area contributed by atoms with Gasteiger partial charge in [0.25, 0.3) is 0 Å². The number of ether oxygens (including phenoxy) is 1. The van der Waals surface area contributed by atoms with Crippen molar-refractivity contribution >= 4 is 5.78 Å². The van der Waals surface area contributed by atoms with Crippen LogP contribution >= 0.6 is 0 Å². The summed E-state index contributed by atoms with van der Waals surface area (Å²) in [5, 5.41) is 12.2. The largest absolute Gasteiger partial charge is 0.493 e. The molecule has 0 radical (unpaired) electrons. The SMILES string of the molecule is CCc1cc(C(=O)CO)ccc1OCCN=[N+]=[N-]. The van der Waals surface area contributed by atoms with Gasteiger partial charge in [-0.25, -0.2) is 0 Å². The molecule has 0 aromatic heterocycles. The fourth-order valence-electron chi connectivity index (χ4n) is 1.50. The Labute approximate surface area is 105 Å². The summed E-state index contributed by atoms with van der Waals surface area (Å²) in [6.45, 7) is 2.00. The standard InChI is InChI=1S/C12H15N3O3/c1-2-9-7-10(11(17)8-16)3-4-12(9)18-6-5-14-15-13/h3-4,7,16H,2,5-6,8H2,1H3. The van der Waals surface area contributed by atoms with Crippen LogP contribution in [0.25, 0.3) is 10.4 Å². The van der Waals surface area contributed by atoms with Crippen molar-refractivity contribution in [1.29, 1.82) is 0 Å². The first-order valence-electron chi connectivity index (χ1n) is 5.63. The van der Waals surface area contributed by atoms with E-state index in [0.717, 1.165) is 5.56 Å². The van der Waals surface area contributed by atoms with E-state index in [1.807, 2.05) is 6.92 Å². The van der Waals surface area contributed by atoms with E-state index in [-0.39, 0.29) is 12.3 Å². The molecule has 0 unspecified atom stereocenters.